The van der Waals surface area contributed by atoms with Crippen molar-refractivity contribution in [3.8, 4) is 0 Å². The fraction of sp³-hybridized carbons (Fsp3) is 0.571. The molecule has 0 saturated heterocycles. The smallest absolute Gasteiger partial charge is 0.0541 e. The molecule has 0 spiro atoms. The number of hydrogen-bond acceptors (Lipinski definition) is 2. The van der Waals surface area contributed by atoms with Crippen LogP contribution in [0.15, 0.2) is 29.2 Å². The number of nitrogens with one attached hydrogen (secondary N) is 1. The van der Waals surface area contributed by atoms with Crippen LogP contribution in [0.5, 0.6) is 0 Å². The maximum atomic E-state index is 6.19. The highest BCUT2D eigenvalue weighted by atomic mass is 35.5. The fourth-order valence-electron chi connectivity index (χ4n) is 2.30. The van der Waals surface area contributed by atoms with Crippen molar-refractivity contribution in [1.29, 1.82) is 0 Å². The van der Waals surface area contributed by atoms with Crippen LogP contribution in [-0.2, 0) is 0 Å². The Morgan fingerprint density at radius 2 is 2.18 bits per heavy atom. The highest BCUT2D eigenvalue weighted by Gasteiger charge is 2.25. The van der Waals surface area contributed by atoms with Gasteiger partial charge in [-0.15, -0.1) is 11.8 Å². The molecule has 2 unspecified atom stereocenters. The lowest BCUT2D eigenvalue weighted by Gasteiger charge is -2.13. The third kappa shape index (κ3) is 3.90. The zero-order valence-electron chi connectivity index (χ0n) is 10.3. The molecular weight excluding hydrogens is 250 g/mol. The molecule has 1 aromatic rings. The van der Waals surface area contributed by atoms with Gasteiger partial charge in [0, 0.05) is 16.2 Å². The maximum Gasteiger partial charge on any atom is 0.0541 e. The van der Waals surface area contributed by atoms with Gasteiger partial charge in [0.25, 0.3) is 0 Å². The van der Waals surface area contributed by atoms with Crippen molar-refractivity contribution in [2.45, 2.75) is 48.8 Å². The van der Waals surface area contributed by atoms with E-state index in [-0.39, 0.29) is 0 Å². The monoisotopic (exact) mass is 269 g/mol. The van der Waals surface area contributed by atoms with E-state index in [0.29, 0.717) is 0 Å². The molecule has 1 aliphatic rings. The van der Waals surface area contributed by atoms with Gasteiger partial charge in [0.2, 0.25) is 0 Å². The van der Waals surface area contributed by atoms with Crippen molar-refractivity contribution in [3.63, 3.8) is 0 Å². The van der Waals surface area contributed by atoms with E-state index >= 15 is 0 Å². The van der Waals surface area contributed by atoms with Crippen molar-refractivity contribution in [3.05, 3.63) is 29.3 Å². The van der Waals surface area contributed by atoms with Crippen LogP contribution in [0, 0.1) is 0 Å². The molecule has 3 heteroatoms. The molecule has 0 amide bonds. The van der Waals surface area contributed by atoms with Crippen LogP contribution in [0.3, 0.4) is 0 Å². The van der Waals surface area contributed by atoms with Gasteiger partial charge in [-0.3, -0.25) is 0 Å². The summed E-state index contributed by atoms with van der Waals surface area (Å²) in [5, 5.41) is 5.23. The summed E-state index contributed by atoms with van der Waals surface area (Å²) in [5.74, 6) is 0. The molecule has 1 saturated carbocycles. The van der Waals surface area contributed by atoms with Crippen molar-refractivity contribution >= 4 is 23.4 Å². The van der Waals surface area contributed by atoms with Crippen LogP contribution < -0.4 is 5.32 Å². The van der Waals surface area contributed by atoms with Crippen LogP contribution in [0.25, 0.3) is 0 Å². The Labute approximate surface area is 113 Å². The predicted octanol–water partition coefficient (Wildman–Crippen LogP) is 4.35. The lowest BCUT2D eigenvalue weighted by molar-refractivity contribution is 0.524. The molecule has 1 nitrogen and oxygen atoms in total. The number of halogens is 1. The topological polar surface area (TPSA) is 12.0 Å². The molecule has 0 aliphatic heterocycles. The van der Waals surface area contributed by atoms with Gasteiger partial charge < -0.3 is 5.32 Å². The molecule has 1 aliphatic carbocycles. The largest absolute Gasteiger partial charge is 0.314 e. The molecule has 94 valence electrons. The van der Waals surface area contributed by atoms with Crippen LogP contribution in [0.1, 0.15) is 32.6 Å². The van der Waals surface area contributed by atoms with Gasteiger partial charge in [-0.05, 0) is 44.4 Å². The van der Waals surface area contributed by atoms with Gasteiger partial charge >= 0.3 is 0 Å². The summed E-state index contributed by atoms with van der Waals surface area (Å²) in [6.45, 7) is 3.37. The first-order valence-corrected chi connectivity index (χ1v) is 7.70. The van der Waals surface area contributed by atoms with E-state index < -0.39 is 0 Å². The normalized spacial score (nSPS) is 24.1. The third-order valence-corrected chi connectivity index (χ3v) is 5.01. The quantitative estimate of drug-likeness (QED) is 0.853. The zero-order valence-corrected chi connectivity index (χ0v) is 11.9. The summed E-state index contributed by atoms with van der Waals surface area (Å²) in [6, 6.07) is 8.88. The second-order valence-corrected chi connectivity index (χ2v) is 6.38. The van der Waals surface area contributed by atoms with E-state index in [4.69, 9.17) is 11.6 Å². The molecule has 2 rings (SSSR count). The first-order chi connectivity index (χ1) is 8.29. The highest BCUT2D eigenvalue weighted by Crippen LogP contribution is 2.37. The summed E-state index contributed by atoms with van der Waals surface area (Å²) in [4.78, 5) is 1.23. The molecule has 0 bridgehead atoms. The second kappa shape index (κ2) is 6.67. The van der Waals surface area contributed by atoms with Gasteiger partial charge in [-0.25, -0.2) is 0 Å². The van der Waals surface area contributed by atoms with E-state index in [0.717, 1.165) is 22.9 Å². The van der Waals surface area contributed by atoms with Gasteiger partial charge in [-0.1, -0.05) is 30.7 Å². The molecular formula is C14H20ClNS. The van der Waals surface area contributed by atoms with Crippen LogP contribution in [0.4, 0.5) is 0 Å². The summed E-state index contributed by atoms with van der Waals surface area (Å²) in [6.07, 6.45) is 5.11. The molecule has 0 radical (unpaired) electrons. The molecule has 1 fully saturated rings. The zero-order chi connectivity index (χ0) is 12.1. The van der Waals surface area contributed by atoms with E-state index in [2.05, 4.69) is 24.4 Å². The predicted molar refractivity (Wildman–Crippen MR) is 77.0 cm³/mol. The Morgan fingerprint density at radius 3 is 2.94 bits per heavy atom. The average Bonchev–Trinajstić information content (AvgIpc) is 2.77. The van der Waals surface area contributed by atoms with E-state index in [1.807, 2.05) is 23.9 Å². The molecule has 17 heavy (non-hydrogen) atoms. The van der Waals surface area contributed by atoms with Crippen LogP contribution in [0.2, 0.25) is 5.02 Å². The molecule has 2 atom stereocenters. The Bertz CT molecular complexity index is 356. The summed E-state index contributed by atoms with van der Waals surface area (Å²) in [5.41, 5.74) is 0. The number of thioether (sulfide) groups is 1. The van der Waals surface area contributed by atoms with E-state index in [1.54, 1.807) is 0 Å². The van der Waals surface area contributed by atoms with Crippen molar-refractivity contribution in [1.82, 2.24) is 5.32 Å². The molecule has 0 aromatic heterocycles. The standard InChI is InChI=1S/C14H20ClNS/c1-2-9-16-11-7-8-12(10-11)17-14-6-4-3-5-13(14)15/h3-6,11-12,16H,2,7-10H2,1H3. The maximum absolute atomic E-state index is 6.19. The minimum Gasteiger partial charge on any atom is -0.314 e. The third-order valence-electron chi connectivity index (χ3n) is 3.20. The second-order valence-electron chi connectivity index (χ2n) is 4.63. The van der Waals surface area contributed by atoms with Gasteiger partial charge in [-0.2, -0.15) is 0 Å². The van der Waals surface area contributed by atoms with Gasteiger partial charge in [0.05, 0.1) is 5.02 Å². The van der Waals surface area contributed by atoms with E-state index in [1.165, 1.54) is 30.6 Å². The van der Waals surface area contributed by atoms with Crippen molar-refractivity contribution < 1.29 is 0 Å². The van der Waals surface area contributed by atoms with Gasteiger partial charge in [0.1, 0.15) is 0 Å². The Kier molecular flexibility index (Phi) is 5.20. The van der Waals surface area contributed by atoms with E-state index in [9.17, 15) is 0 Å². The van der Waals surface area contributed by atoms with Gasteiger partial charge in [0.15, 0.2) is 0 Å². The lowest BCUT2D eigenvalue weighted by Crippen LogP contribution is -2.27. The minimum absolute atomic E-state index is 0.718. The number of benzene rings is 1. The van der Waals surface area contributed by atoms with Crippen LogP contribution in [-0.4, -0.2) is 17.8 Å². The molecule has 0 heterocycles. The summed E-state index contributed by atoms with van der Waals surface area (Å²) < 4.78 is 0. The molecule has 1 N–H and O–H groups in total. The highest BCUT2D eigenvalue weighted by molar-refractivity contribution is 8.00. The van der Waals surface area contributed by atoms with Crippen molar-refractivity contribution in [2.75, 3.05) is 6.54 Å². The summed E-state index contributed by atoms with van der Waals surface area (Å²) in [7, 11) is 0. The first kappa shape index (κ1) is 13.3. The first-order valence-electron chi connectivity index (χ1n) is 6.44. The SMILES string of the molecule is CCCNC1CCC(Sc2ccccc2Cl)C1. The Hall–Kier alpha value is -0.180. The van der Waals surface area contributed by atoms with Crippen LogP contribution >= 0.6 is 23.4 Å². The number of hydrogen-bond donors (Lipinski definition) is 1. The fourth-order valence-corrected chi connectivity index (χ4v) is 3.85. The summed E-state index contributed by atoms with van der Waals surface area (Å²) >= 11 is 8.13. The Balaban J connectivity index is 1.83. The lowest BCUT2D eigenvalue weighted by atomic mass is 10.2. The number of rotatable bonds is 5. The van der Waals surface area contributed by atoms with Crippen molar-refractivity contribution in [2.24, 2.45) is 0 Å². The minimum atomic E-state index is 0.718. The molecule has 1 aromatic carbocycles. The average molecular weight is 270 g/mol. The Morgan fingerprint density at radius 1 is 1.35 bits per heavy atom.